The molecule has 0 unspecified atom stereocenters. The smallest absolute Gasteiger partial charge is 0.151 e. The molecule has 43 heavy (non-hydrogen) atoms. The molecule has 0 saturated carbocycles. The summed E-state index contributed by atoms with van der Waals surface area (Å²) in [6.07, 6.45) is 1.85. The van der Waals surface area contributed by atoms with Gasteiger partial charge in [-0.1, -0.05) is 72.8 Å². The Labute approximate surface area is 249 Å². The predicted octanol–water partition coefficient (Wildman–Crippen LogP) is 9.73. The second kappa shape index (κ2) is 10.2. The van der Waals surface area contributed by atoms with Crippen molar-refractivity contribution in [2.45, 2.75) is 0 Å². The van der Waals surface area contributed by atoms with Gasteiger partial charge in [-0.2, -0.15) is 0 Å². The van der Waals surface area contributed by atoms with Crippen LogP contribution in [0.25, 0.3) is 33.2 Å². The van der Waals surface area contributed by atoms with Crippen LogP contribution in [0.5, 0.6) is 11.5 Å². The fraction of sp³-hybridized carbons (Fsp3) is 0. The third kappa shape index (κ3) is 4.26. The Morgan fingerprint density at radius 1 is 0.558 bits per heavy atom. The van der Waals surface area contributed by atoms with Gasteiger partial charge in [0.05, 0.1) is 28.1 Å². The first-order chi connectivity index (χ1) is 21.2. The number of para-hydroxylation sites is 6. The zero-order chi connectivity index (χ0) is 28.8. The van der Waals surface area contributed by atoms with Gasteiger partial charge in [-0.05, 0) is 78.4 Å². The van der Waals surface area contributed by atoms with E-state index in [1.165, 1.54) is 21.8 Å². The zero-order valence-corrected chi connectivity index (χ0v) is 23.3. The Balaban J connectivity index is 1.04. The molecule has 206 valence electrons. The molecule has 0 amide bonds. The van der Waals surface area contributed by atoms with Crippen LogP contribution in [0.15, 0.2) is 152 Å². The van der Waals surface area contributed by atoms with Crippen LogP contribution in [-0.4, -0.2) is 4.57 Å². The third-order valence-electron chi connectivity index (χ3n) is 7.99. The molecule has 0 saturated heterocycles. The van der Waals surface area contributed by atoms with Gasteiger partial charge < -0.3 is 25.3 Å². The second-order valence-electron chi connectivity index (χ2n) is 10.6. The van der Waals surface area contributed by atoms with E-state index in [1.54, 1.807) is 0 Å². The molecule has 0 spiro atoms. The maximum absolute atomic E-state index is 6.52. The van der Waals surface area contributed by atoms with Gasteiger partial charge in [0.2, 0.25) is 0 Å². The number of hydrogen-bond donors (Lipinski definition) is 2. The van der Waals surface area contributed by atoms with E-state index in [4.69, 9.17) is 10.5 Å². The Morgan fingerprint density at radius 3 is 1.67 bits per heavy atom. The number of nitrogens with two attached hydrogens (primary N) is 1. The number of anilines is 4. The number of fused-ring (bicyclic) bond motifs is 5. The minimum atomic E-state index is 0.654. The van der Waals surface area contributed by atoms with Gasteiger partial charge in [0, 0.05) is 34.0 Å². The number of aromatic nitrogens is 1. The minimum Gasteiger partial charge on any atom is -0.453 e. The third-order valence-corrected chi connectivity index (χ3v) is 7.99. The van der Waals surface area contributed by atoms with Gasteiger partial charge in [-0.25, -0.2) is 0 Å². The molecule has 0 aliphatic carbocycles. The van der Waals surface area contributed by atoms with E-state index in [0.29, 0.717) is 5.70 Å². The van der Waals surface area contributed by atoms with Crippen LogP contribution in [0.3, 0.4) is 0 Å². The highest BCUT2D eigenvalue weighted by Gasteiger charge is 2.25. The minimum absolute atomic E-state index is 0.654. The van der Waals surface area contributed by atoms with Crippen molar-refractivity contribution in [1.82, 2.24) is 4.57 Å². The van der Waals surface area contributed by atoms with Crippen molar-refractivity contribution in [1.29, 1.82) is 0 Å². The van der Waals surface area contributed by atoms with E-state index < -0.39 is 0 Å². The first-order valence-electron chi connectivity index (χ1n) is 14.3. The lowest BCUT2D eigenvalue weighted by atomic mass is 10.1. The summed E-state index contributed by atoms with van der Waals surface area (Å²) >= 11 is 0. The number of benzene rings is 6. The molecule has 1 aliphatic heterocycles. The van der Waals surface area contributed by atoms with Crippen LogP contribution in [0.2, 0.25) is 0 Å². The number of nitrogens with one attached hydrogen (secondary N) is 1. The van der Waals surface area contributed by atoms with Gasteiger partial charge in [0.25, 0.3) is 0 Å². The molecule has 1 aromatic heterocycles. The summed E-state index contributed by atoms with van der Waals surface area (Å²) in [5, 5.41) is 5.88. The molecule has 0 fully saturated rings. The summed E-state index contributed by atoms with van der Waals surface area (Å²) in [7, 11) is 0. The van der Waals surface area contributed by atoms with Crippen molar-refractivity contribution < 1.29 is 4.74 Å². The van der Waals surface area contributed by atoms with Crippen molar-refractivity contribution in [2.24, 2.45) is 5.73 Å². The molecular formula is C38H28N4O. The Bertz CT molecular complexity index is 2040. The lowest BCUT2D eigenvalue weighted by Gasteiger charge is -2.32. The van der Waals surface area contributed by atoms with Crippen molar-refractivity contribution >= 4 is 50.3 Å². The normalized spacial score (nSPS) is 12.6. The Kier molecular flexibility index (Phi) is 5.86. The van der Waals surface area contributed by atoms with Crippen LogP contribution < -0.4 is 20.7 Å². The summed E-state index contributed by atoms with van der Waals surface area (Å²) in [6.45, 7) is 0. The molecule has 0 radical (unpaired) electrons. The molecule has 5 nitrogen and oxygen atoms in total. The Hall–Kier alpha value is -5.94. The van der Waals surface area contributed by atoms with Crippen molar-refractivity contribution in [3.63, 3.8) is 0 Å². The molecule has 0 atom stereocenters. The fourth-order valence-corrected chi connectivity index (χ4v) is 5.94. The predicted molar refractivity (Wildman–Crippen MR) is 178 cm³/mol. The van der Waals surface area contributed by atoms with Crippen LogP contribution in [-0.2, 0) is 0 Å². The first kappa shape index (κ1) is 24.8. The fourth-order valence-electron chi connectivity index (χ4n) is 5.94. The standard InChI is InChI=1S/C38H28N4O/c39-32(26-17-21-28(22-18-26)42-35-13-5-7-15-37(35)43-38-16-8-6-14-36(38)42)25-40-27-19-23-29(24-20-27)41-33-11-3-1-9-30(33)31-10-2-4-12-34(31)41/h1-25,40H,39H2/b32-25-. The molecule has 2 heterocycles. The van der Waals surface area contributed by atoms with Gasteiger partial charge in [-0.3, -0.25) is 0 Å². The highest BCUT2D eigenvalue weighted by molar-refractivity contribution is 6.09. The highest BCUT2D eigenvalue weighted by atomic mass is 16.5. The summed E-state index contributed by atoms with van der Waals surface area (Å²) < 4.78 is 8.46. The largest absolute Gasteiger partial charge is 0.453 e. The average molecular weight is 557 g/mol. The molecule has 8 rings (SSSR count). The maximum atomic E-state index is 6.52. The monoisotopic (exact) mass is 556 g/mol. The number of rotatable bonds is 5. The van der Waals surface area contributed by atoms with Crippen LogP contribution in [0, 0.1) is 0 Å². The number of nitrogens with zero attached hydrogens (tertiary/aromatic N) is 2. The Morgan fingerprint density at radius 2 is 1.07 bits per heavy atom. The highest BCUT2D eigenvalue weighted by Crippen LogP contribution is 2.50. The number of hydrogen-bond acceptors (Lipinski definition) is 4. The van der Waals surface area contributed by atoms with E-state index in [2.05, 4.69) is 124 Å². The molecule has 5 heteroatoms. The molecule has 7 aromatic rings. The molecule has 0 bridgehead atoms. The van der Waals surface area contributed by atoms with Crippen LogP contribution in [0.1, 0.15) is 5.56 Å². The van der Waals surface area contributed by atoms with Gasteiger partial charge >= 0.3 is 0 Å². The average Bonchev–Trinajstić information content (AvgIpc) is 3.41. The van der Waals surface area contributed by atoms with Crippen LogP contribution in [0.4, 0.5) is 22.7 Å². The summed E-state index contributed by atoms with van der Waals surface area (Å²) in [5.41, 5.74) is 15.6. The van der Waals surface area contributed by atoms with E-state index in [9.17, 15) is 0 Å². The summed E-state index contributed by atoms with van der Waals surface area (Å²) in [4.78, 5) is 2.22. The van der Waals surface area contributed by atoms with Gasteiger partial charge in [-0.15, -0.1) is 0 Å². The summed E-state index contributed by atoms with van der Waals surface area (Å²) in [6, 6.07) is 50.0. The quantitative estimate of drug-likeness (QED) is 0.222. The second-order valence-corrected chi connectivity index (χ2v) is 10.6. The van der Waals surface area contributed by atoms with E-state index in [0.717, 1.165) is 45.5 Å². The van der Waals surface area contributed by atoms with Crippen LogP contribution >= 0.6 is 0 Å². The summed E-state index contributed by atoms with van der Waals surface area (Å²) in [5.74, 6) is 1.66. The van der Waals surface area contributed by atoms with E-state index >= 15 is 0 Å². The maximum Gasteiger partial charge on any atom is 0.151 e. The molecule has 6 aromatic carbocycles. The van der Waals surface area contributed by atoms with Gasteiger partial charge in [0.1, 0.15) is 0 Å². The molecular weight excluding hydrogens is 528 g/mol. The van der Waals surface area contributed by atoms with Crippen molar-refractivity contribution in [2.75, 3.05) is 10.2 Å². The van der Waals surface area contributed by atoms with E-state index in [1.807, 2.05) is 42.6 Å². The number of ether oxygens (including phenoxy) is 1. The molecule has 1 aliphatic rings. The SMILES string of the molecule is N/C(=C\Nc1ccc(-n2c3ccccc3c3ccccc32)cc1)c1ccc(N2c3ccccc3Oc3ccccc32)cc1. The van der Waals surface area contributed by atoms with Crippen molar-refractivity contribution in [3.05, 3.63) is 157 Å². The lowest BCUT2D eigenvalue weighted by Crippen LogP contribution is -2.15. The van der Waals surface area contributed by atoms with Gasteiger partial charge in [0.15, 0.2) is 11.5 Å². The molecule has 3 N–H and O–H groups in total. The first-order valence-corrected chi connectivity index (χ1v) is 14.3. The topological polar surface area (TPSA) is 55.5 Å². The lowest BCUT2D eigenvalue weighted by molar-refractivity contribution is 0.477. The zero-order valence-electron chi connectivity index (χ0n) is 23.3. The van der Waals surface area contributed by atoms with Crippen molar-refractivity contribution in [3.8, 4) is 17.2 Å². The van der Waals surface area contributed by atoms with E-state index in [-0.39, 0.29) is 0 Å².